The van der Waals surface area contributed by atoms with Gasteiger partial charge in [0, 0.05) is 13.5 Å². The topological polar surface area (TPSA) is 431 Å². The zero-order valence-electron chi connectivity index (χ0n) is 35.2. The molecule has 27 nitrogen and oxygen atoms in total. The second-order valence-corrected chi connectivity index (χ2v) is 16.4. The van der Waals surface area contributed by atoms with Crippen molar-refractivity contribution in [2.24, 2.45) is 5.73 Å². The molecule has 28 heteroatoms. The number of amides is 1. The largest absolute Gasteiger partial charge is 0.394 e. The van der Waals surface area contributed by atoms with Gasteiger partial charge in [-0.2, -0.15) is 0 Å². The van der Waals surface area contributed by atoms with E-state index >= 15 is 0 Å². The lowest BCUT2D eigenvalue weighted by atomic mass is 9.94. The van der Waals surface area contributed by atoms with Gasteiger partial charge in [-0.3, -0.25) is 4.79 Å². The average molecular weight is 957 g/mol. The molecule has 65 heavy (non-hydrogen) atoms. The SMILES string of the molecule is CC(=O)N[C@H]1C(O[C@@H]2OC(CO)[C@H](O)C(O)[C@@H]2O)[C@@H](O)C(CO)O[C@H]1O[C@@H]1C(O)[C@@H](O[C@H]2C(CO)O[C@@H](O[C@@H]3C(CF)O[C@@H](OCCCCCN)[C@@H](O)C3O)[C@@H](O)C2O)OC(CO)[C@@H]1O. The first-order valence-electron chi connectivity index (χ1n) is 21.2. The van der Waals surface area contributed by atoms with Crippen molar-refractivity contribution in [3.05, 3.63) is 0 Å². The van der Waals surface area contributed by atoms with Crippen molar-refractivity contribution in [1.82, 2.24) is 5.32 Å². The Hall–Kier alpha value is -1.60. The fourth-order valence-corrected chi connectivity index (χ4v) is 8.15. The molecule has 10 unspecified atom stereocenters. The number of nitrogens with two attached hydrogens (primary N) is 1. The summed E-state index contributed by atoms with van der Waals surface area (Å²) in [7, 11) is 0. The van der Waals surface area contributed by atoms with Gasteiger partial charge in [0.2, 0.25) is 5.91 Å². The normalized spacial score (nSPS) is 47.4. The number of ether oxygens (including phenoxy) is 10. The van der Waals surface area contributed by atoms with E-state index in [2.05, 4.69) is 5.32 Å². The Kier molecular flexibility index (Phi) is 20.7. The number of unbranched alkanes of at least 4 members (excludes halogenated alkanes) is 2. The van der Waals surface area contributed by atoms with Crippen molar-refractivity contribution in [2.45, 2.75) is 180 Å². The molecule has 5 saturated heterocycles. The molecule has 5 fully saturated rings. The Bertz CT molecular complexity index is 1430. The van der Waals surface area contributed by atoms with Crippen molar-refractivity contribution < 1.29 is 128 Å². The minimum Gasteiger partial charge on any atom is -0.394 e. The molecule has 5 aliphatic rings. The van der Waals surface area contributed by atoms with Crippen LogP contribution in [-0.2, 0) is 52.2 Å². The summed E-state index contributed by atoms with van der Waals surface area (Å²) in [5.74, 6) is -0.807. The fraction of sp³-hybridized carbons (Fsp3) is 0.973. The third-order valence-electron chi connectivity index (χ3n) is 11.8. The summed E-state index contributed by atoms with van der Waals surface area (Å²) in [6, 6.07) is -1.68. The molecule has 380 valence electrons. The molecule has 0 aliphatic carbocycles. The predicted molar refractivity (Wildman–Crippen MR) is 204 cm³/mol. The maximum Gasteiger partial charge on any atom is 0.217 e. The molecule has 5 aliphatic heterocycles. The highest BCUT2D eigenvalue weighted by Gasteiger charge is 2.57. The molecule has 0 bridgehead atoms. The maximum atomic E-state index is 14.2. The summed E-state index contributed by atoms with van der Waals surface area (Å²) in [5, 5.41) is 152. The van der Waals surface area contributed by atoms with Gasteiger partial charge in [-0.15, -0.1) is 0 Å². The Balaban J connectivity index is 1.31. The second-order valence-electron chi connectivity index (χ2n) is 16.4. The highest BCUT2D eigenvalue weighted by molar-refractivity contribution is 5.73. The fourth-order valence-electron chi connectivity index (χ4n) is 8.15. The molecule has 17 N–H and O–H groups in total. The van der Waals surface area contributed by atoms with Crippen LogP contribution in [0, 0.1) is 0 Å². The summed E-state index contributed by atoms with van der Waals surface area (Å²) in [4.78, 5) is 12.5. The average Bonchev–Trinajstić information content (AvgIpc) is 3.29. The number of halogens is 1. The number of hydrogen-bond acceptors (Lipinski definition) is 26. The third kappa shape index (κ3) is 12.4. The molecule has 0 aromatic rings. The molecule has 0 aromatic carbocycles. The van der Waals surface area contributed by atoms with Crippen molar-refractivity contribution in [3.63, 3.8) is 0 Å². The lowest BCUT2D eigenvalue weighted by Gasteiger charge is -2.50. The molecule has 1 amide bonds. The van der Waals surface area contributed by atoms with Crippen LogP contribution in [0.3, 0.4) is 0 Å². The van der Waals surface area contributed by atoms with E-state index in [9.17, 15) is 80.7 Å². The van der Waals surface area contributed by atoms with Crippen LogP contribution in [0.1, 0.15) is 26.2 Å². The quantitative estimate of drug-likeness (QED) is 0.0504. The van der Waals surface area contributed by atoms with Gasteiger partial charge >= 0.3 is 0 Å². The van der Waals surface area contributed by atoms with Gasteiger partial charge in [-0.1, -0.05) is 0 Å². The predicted octanol–water partition coefficient (Wildman–Crippen LogP) is -9.65. The number of carbonyl (C=O) groups is 1. The molecular formula is C37H65FN2O25. The van der Waals surface area contributed by atoms with E-state index in [-0.39, 0.29) is 6.61 Å². The van der Waals surface area contributed by atoms with Gasteiger partial charge < -0.3 is 130 Å². The Morgan fingerprint density at radius 3 is 1.46 bits per heavy atom. The highest BCUT2D eigenvalue weighted by atomic mass is 19.1. The van der Waals surface area contributed by atoms with Crippen LogP contribution >= 0.6 is 0 Å². The first-order chi connectivity index (χ1) is 31.0. The van der Waals surface area contributed by atoms with E-state index in [4.69, 9.17) is 53.1 Å². The Morgan fingerprint density at radius 2 is 0.923 bits per heavy atom. The number of carbonyl (C=O) groups excluding carboxylic acids is 1. The van der Waals surface area contributed by atoms with Gasteiger partial charge in [-0.25, -0.2) is 4.39 Å². The minimum absolute atomic E-state index is 0.0870. The maximum absolute atomic E-state index is 14.2. The molecule has 25 atom stereocenters. The Morgan fingerprint density at radius 1 is 0.492 bits per heavy atom. The molecule has 0 saturated carbocycles. The summed E-state index contributed by atoms with van der Waals surface area (Å²) in [6.45, 7) is -3.47. The Labute approximate surface area is 370 Å². The summed E-state index contributed by atoms with van der Waals surface area (Å²) in [6.07, 6.45) is -42.2. The number of aliphatic hydroxyl groups excluding tert-OH is 14. The van der Waals surface area contributed by atoms with Crippen LogP contribution in [-0.4, -0.2) is 277 Å². The number of aliphatic hydroxyl groups is 14. The highest BCUT2D eigenvalue weighted by Crippen LogP contribution is 2.36. The molecular weight excluding hydrogens is 891 g/mol. The lowest BCUT2D eigenvalue weighted by molar-refractivity contribution is -0.388. The van der Waals surface area contributed by atoms with Gasteiger partial charge in [0.1, 0.15) is 129 Å². The molecule has 0 aromatic heterocycles. The molecule has 5 rings (SSSR count). The minimum atomic E-state index is -2.16. The first kappa shape index (κ1) is 54.3. The number of rotatable bonds is 20. The van der Waals surface area contributed by atoms with Gasteiger partial charge in [-0.05, 0) is 25.8 Å². The summed E-state index contributed by atoms with van der Waals surface area (Å²) < 4.78 is 70.7. The zero-order valence-corrected chi connectivity index (χ0v) is 35.2. The molecule has 0 spiro atoms. The third-order valence-corrected chi connectivity index (χ3v) is 11.8. The first-order valence-corrected chi connectivity index (χ1v) is 21.2. The van der Waals surface area contributed by atoms with Crippen LogP contribution < -0.4 is 11.1 Å². The van der Waals surface area contributed by atoms with Crippen LogP contribution in [0.15, 0.2) is 0 Å². The smallest absolute Gasteiger partial charge is 0.217 e. The van der Waals surface area contributed by atoms with Crippen LogP contribution in [0.4, 0.5) is 4.39 Å². The van der Waals surface area contributed by atoms with E-state index in [0.717, 1.165) is 6.92 Å². The van der Waals surface area contributed by atoms with E-state index in [1.165, 1.54) is 0 Å². The van der Waals surface area contributed by atoms with E-state index < -0.39 is 192 Å². The van der Waals surface area contributed by atoms with Crippen LogP contribution in [0.5, 0.6) is 0 Å². The lowest BCUT2D eigenvalue weighted by Crippen LogP contribution is -2.70. The van der Waals surface area contributed by atoms with E-state index in [1.54, 1.807) is 0 Å². The van der Waals surface area contributed by atoms with Gasteiger partial charge in [0.05, 0.1) is 26.4 Å². The molecule has 0 radical (unpaired) electrons. The number of hydrogen-bond donors (Lipinski definition) is 16. The van der Waals surface area contributed by atoms with Crippen LogP contribution in [0.25, 0.3) is 0 Å². The van der Waals surface area contributed by atoms with Crippen LogP contribution in [0.2, 0.25) is 0 Å². The van der Waals surface area contributed by atoms with Crippen molar-refractivity contribution in [1.29, 1.82) is 0 Å². The van der Waals surface area contributed by atoms with Crippen molar-refractivity contribution in [3.8, 4) is 0 Å². The second kappa shape index (κ2) is 24.8. The van der Waals surface area contributed by atoms with Crippen molar-refractivity contribution in [2.75, 3.05) is 46.3 Å². The standard InChI is InChI=1S/C37H65FN2O25/c1-12(45)40-18-31(64-35-25(52)22(49)19(46)14(8-41)59-35)20(47)15(9-42)58-33(18)65-32-21(48)16(10-43)60-37(28(32)55)63-30-17(11-44)61-36(27(54)24(30)51)62-29-13(7-38)57-34(26(53)23(29)50)56-6-4-2-3-5-39/h13-37,41-44,46-55H,2-11,39H2,1H3,(H,40,45)/t13?,14?,15?,16?,17?,18-,19-,20-,21-,22?,23?,24?,25-,26-,27-,28?,29+,30-,31?,32-,33-,34+,35-,36-,37+/m0/s1. The number of alkyl halides is 1. The van der Waals surface area contributed by atoms with Gasteiger partial charge in [0.25, 0.3) is 0 Å². The van der Waals surface area contributed by atoms with Crippen molar-refractivity contribution >= 4 is 5.91 Å². The van der Waals surface area contributed by atoms with E-state index in [1.807, 2.05) is 0 Å². The number of nitrogens with one attached hydrogen (secondary N) is 1. The monoisotopic (exact) mass is 956 g/mol. The van der Waals surface area contributed by atoms with E-state index in [0.29, 0.717) is 25.8 Å². The molecule has 5 heterocycles. The summed E-state index contributed by atoms with van der Waals surface area (Å²) >= 11 is 0. The zero-order chi connectivity index (χ0) is 47.9. The van der Waals surface area contributed by atoms with Gasteiger partial charge in [0.15, 0.2) is 31.5 Å². The summed E-state index contributed by atoms with van der Waals surface area (Å²) in [5.41, 5.74) is 5.48.